The Morgan fingerprint density at radius 1 is 1.13 bits per heavy atom. The molecule has 0 fully saturated rings. The Morgan fingerprint density at radius 2 is 1.96 bits per heavy atom. The molecule has 0 aliphatic carbocycles. The van der Waals surface area contributed by atoms with Crippen LogP contribution in [-0.4, -0.2) is 22.0 Å². The minimum Gasteiger partial charge on any atom is -0.352 e. The van der Waals surface area contributed by atoms with Crippen molar-refractivity contribution in [1.29, 1.82) is 0 Å². The Balaban J connectivity index is 1.54. The van der Waals surface area contributed by atoms with Crippen LogP contribution in [0, 0.1) is 13.8 Å². The van der Waals surface area contributed by atoms with Gasteiger partial charge >= 0.3 is 0 Å². The molecule has 0 saturated heterocycles. The molecule has 0 spiro atoms. The summed E-state index contributed by atoms with van der Waals surface area (Å²) in [7, 11) is 0. The fraction of sp³-hybridized carbons (Fsp3) is 0.263. The summed E-state index contributed by atoms with van der Waals surface area (Å²) in [6.45, 7) is 5.33. The number of carbonyl (C=O) groups excluding carboxylic acids is 1. The van der Waals surface area contributed by atoms with Crippen molar-refractivity contribution in [2.24, 2.45) is 0 Å². The smallest absolute Gasteiger partial charge is 0.253 e. The average molecular weight is 307 g/mol. The van der Waals surface area contributed by atoms with Crippen LogP contribution in [0.4, 0.5) is 0 Å². The van der Waals surface area contributed by atoms with E-state index < -0.39 is 0 Å². The van der Waals surface area contributed by atoms with Crippen LogP contribution in [0.15, 0.2) is 48.7 Å². The van der Waals surface area contributed by atoms with E-state index in [1.54, 1.807) is 0 Å². The molecule has 23 heavy (non-hydrogen) atoms. The van der Waals surface area contributed by atoms with Gasteiger partial charge in [-0.05, 0) is 49.9 Å². The van der Waals surface area contributed by atoms with Crippen LogP contribution < -0.4 is 5.32 Å². The first-order valence-electron chi connectivity index (χ1n) is 7.91. The quantitative estimate of drug-likeness (QED) is 0.734. The molecule has 3 rings (SSSR count). The number of aryl methyl sites for hydroxylation is 3. The van der Waals surface area contributed by atoms with Crippen LogP contribution in [0.1, 0.15) is 28.2 Å². The molecule has 1 aromatic carbocycles. The number of pyridine rings is 1. The van der Waals surface area contributed by atoms with Crippen LogP contribution >= 0.6 is 0 Å². The van der Waals surface area contributed by atoms with Gasteiger partial charge in [0.25, 0.3) is 5.91 Å². The van der Waals surface area contributed by atoms with Crippen molar-refractivity contribution in [2.75, 3.05) is 6.54 Å². The number of fused-ring (bicyclic) bond motifs is 1. The summed E-state index contributed by atoms with van der Waals surface area (Å²) in [5.41, 5.74) is 3.59. The summed E-state index contributed by atoms with van der Waals surface area (Å²) < 4.78 is 2.22. The number of hydrogen-bond donors (Lipinski definition) is 1. The van der Waals surface area contributed by atoms with Crippen LogP contribution in [-0.2, 0) is 6.54 Å². The highest BCUT2D eigenvalue weighted by molar-refractivity contribution is 5.95. The van der Waals surface area contributed by atoms with E-state index in [1.807, 2.05) is 38.1 Å². The monoisotopic (exact) mass is 307 g/mol. The van der Waals surface area contributed by atoms with Crippen molar-refractivity contribution >= 4 is 16.8 Å². The highest BCUT2D eigenvalue weighted by atomic mass is 16.1. The predicted octanol–water partition coefficient (Wildman–Crippen LogP) is 3.47. The Hall–Kier alpha value is -2.62. The molecule has 0 aliphatic heterocycles. The van der Waals surface area contributed by atoms with Gasteiger partial charge in [-0.2, -0.15) is 0 Å². The SMILES string of the molecule is Cc1ccc(C(=O)NCCCn2ccc3ccccc32)c(C)n1. The molecule has 2 heterocycles. The molecular weight excluding hydrogens is 286 g/mol. The highest BCUT2D eigenvalue weighted by Crippen LogP contribution is 2.15. The molecule has 0 radical (unpaired) electrons. The number of nitrogens with zero attached hydrogens (tertiary/aromatic N) is 2. The van der Waals surface area contributed by atoms with E-state index in [4.69, 9.17) is 0 Å². The van der Waals surface area contributed by atoms with E-state index in [-0.39, 0.29) is 5.91 Å². The Labute approximate surface area is 136 Å². The number of para-hydroxylation sites is 1. The van der Waals surface area contributed by atoms with E-state index in [0.717, 1.165) is 24.4 Å². The third-order valence-electron chi connectivity index (χ3n) is 4.01. The van der Waals surface area contributed by atoms with E-state index in [0.29, 0.717) is 12.1 Å². The van der Waals surface area contributed by atoms with E-state index >= 15 is 0 Å². The lowest BCUT2D eigenvalue weighted by Gasteiger charge is -2.09. The Kier molecular flexibility index (Phi) is 4.42. The van der Waals surface area contributed by atoms with Crippen molar-refractivity contribution in [2.45, 2.75) is 26.8 Å². The summed E-state index contributed by atoms with van der Waals surface area (Å²) in [6.07, 6.45) is 2.99. The second-order valence-corrected chi connectivity index (χ2v) is 5.76. The first-order valence-corrected chi connectivity index (χ1v) is 7.91. The second-order valence-electron chi connectivity index (χ2n) is 5.76. The van der Waals surface area contributed by atoms with Crippen LogP contribution in [0.25, 0.3) is 10.9 Å². The maximum Gasteiger partial charge on any atom is 0.253 e. The summed E-state index contributed by atoms with van der Waals surface area (Å²) >= 11 is 0. The van der Waals surface area contributed by atoms with E-state index in [1.165, 1.54) is 10.9 Å². The molecule has 4 heteroatoms. The Bertz CT molecular complexity index is 836. The van der Waals surface area contributed by atoms with Gasteiger partial charge < -0.3 is 9.88 Å². The number of benzene rings is 1. The minimum absolute atomic E-state index is 0.0487. The van der Waals surface area contributed by atoms with Crippen molar-refractivity contribution in [3.63, 3.8) is 0 Å². The number of hydrogen-bond acceptors (Lipinski definition) is 2. The fourth-order valence-corrected chi connectivity index (χ4v) is 2.81. The average Bonchev–Trinajstić information content (AvgIpc) is 2.94. The maximum atomic E-state index is 12.2. The number of carbonyl (C=O) groups is 1. The molecule has 3 aromatic rings. The van der Waals surface area contributed by atoms with E-state index in [9.17, 15) is 4.79 Å². The van der Waals surface area contributed by atoms with Gasteiger partial charge in [-0.15, -0.1) is 0 Å². The molecule has 0 saturated carbocycles. The van der Waals surface area contributed by atoms with Gasteiger partial charge in [0.15, 0.2) is 0 Å². The molecular formula is C19H21N3O. The number of amides is 1. The van der Waals surface area contributed by atoms with Gasteiger partial charge in [-0.1, -0.05) is 18.2 Å². The molecule has 1 amide bonds. The first kappa shape index (κ1) is 15.3. The standard InChI is InChI=1S/C19H21N3O/c1-14-8-9-17(15(2)21-14)19(23)20-11-5-12-22-13-10-16-6-3-4-7-18(16)22/h3-4,6-10,13H,5,11-12H2,1-2H3,(H,20,23). The predicted molar refractivity (Wildman–Crippen MR) is 92.6 cm³/mol. The van der Waals surface area contributed by atoms with E-state index in [2.05, 4.69) is 39.3 Å². The minimum atomic E-state index is -0.0487. The zero-order valence-electron chi connectivity index (χ0n) is 13.5. The van der Waals surface area contributed by atoms with Gasteiger partial charge in [0.05, 0.1) is 11.3 Å². The third kappa shape index (κ3) is 3.42. The second kappa shape index (κ2) is 6.65. The van der Waals surface area contributed by atoms with Crippen molar-refractivity contribution in [3.05, 3.63) is 65.6 Å². The number of nitrogens with one attached hydrogen (secondary N) is 1. The third-order valence-corrected chi connectivity index (χ3v) is 4.01. The normalized spacial score (nSPS) is 10.9. The summed E-state index contributed by atoms with van der Waals surface area (Å²) in [6, 6.07) is 14.2. The van der Waals surface area contributed by atoms with Gasteiger partial charge in [0, 0.05) is 30.5 Å². The maximum absolute atomic E-state index is 12.2. The molecule has 0 unspecified atom stereocenters. The Morgan fingerprint density at radius 3 is 2.78 bits per heavy atom. The van der Waals surface area contributed by atoms with Gasteiger partial charge in [-0.3, -0.25) is 9.78 Å². The number of aromatic nitrogens is 2. The number of rotatable bonds is 5. The summed E-state index contributed by atoms with van der Waals surface area (Å²) in [5, 5.41) is 4.23. The lowest BCUT2D eigenvalue weighted by molar-refractivity contribution is 0.0951. The lowest BCUT2D eigenvalue weighted by Crippen LogP contribution is -2.26. The van der Waals surface area contributed by atoms with Crippen LogP contribution in [0.5, 0.6) is 0 Å². The van der Waals surface area contributed by atoms with Crippen LogP contribution in [0.2, 0.25) is 0 Å². The van der Waals surface area contributed by atoms with Gasteiger partial charge in [0.2, 0.25) is 0 Å². The zero-order valence-corrected chi connectivity index (χ0v) is 13.5. The lowest BCUT2D eigenvalue weighted by atomic mass is 10.1. The van der Waals surface area contributed by atoms with Crippen LogP contribution in [0.3, 0.4) is 0 Å². The van der Waals surface area contributed by atoms with Crippen molar-refractivity contribution < 1.29 is 4.79 Å². The topological polar surface area (TPSA) is 46.9 Å². The molecule has 0 aliphatic rings. The molecule has 4 nitrogen and oxygen atoms in total. The molecule has 2 aromatic heterocycles. The zero-order chi connectivity index (χ0) is 16.2. The molecule has 118 valence electrons. The van der Waals surface area contributed by atoms with Crippen molar-refractivity contribution in [1.82, 2.24) is 14.9 Å². The van der Waals surface area contributed by atoms with Gasteiger partial charge in [-0.25, -0.2) is 0 Å². The largest absolute Gasteiger partial charge is 0.352 e. The summed E-state index contributed by atoms with van der Waals surface area (Å²) in [4.78, 5) is 16.5. The summed E-state index contributed by atoms with van der Waals surface area (Å²) in [5.74, 6) is -0.0487. The molecule has 0 atom stereocenters. The first-order chi connectivity index (χ1) is 11.1. The highest BCUT2D eigenvalue weighted by Gasteiger charge is 2.09. The fourth-order valence-electron chi connectivity index (χ4n) is 2.81. The van der Waals surface area contributed by atoms with Crippen molar-refractivity contribution in [3.8, 4) is 0 Å². The molecule has 0 bridgehead atoms. The molecule has 1 N–H and O–H groups in total. The van der Waals surface area contributed by atoms with Gasteiger partial charge in [0.1, 0.15) is 0 Å².